The van der Waals surface area contributed by atoms with Crippen LogP contribution in [0.5, 0.6) is 5.75 Å². The van der Waals surface area contributed by atoms with E-state index in [1.54, 1.807) is 26.2 Å². The molecule has 0 spiro atoms. The Bertz CT molecular complexity index is 1490. The molecule has 2 atom stereocenters. The highest BCUT2D eigenvalue weighted by Gasteiger charge is 2.41. The van der Waals surface area contributed by atoms with E-state index in [1.807, 2.05) is 54.6 Å². The topological polar surface area (TPSA) is 108 Å². The summed E-state index contributed by atoms with van der Waals surface area (Å²) < 4.78 is 10.9. The average molecular weight is 525 g/mol. The predicted molar refractivity (Wildman–Crippen MR) is 145 cm³/mol. The first kappa shape index (κ1) is 25.9. The molecule has 0 radical (unpaired) electrons. The molecule has 0 fully saturated rings. The molecule has 5 rings (SSSR count). The van der Waals surface area contributed by atoms with Gasteiger partial charge >= 0.3 is 5.97 Å². The normalized spacial score (nSPS) is 18.8. The molecule has 0 amide bonds. The number of non-ortho nitro benzene ring substituents is 1. The summed E-state index contributed by atoms with van der Waals surface area (Å²) in [6, 6.07) is 23.1. The third-order valence-corrected chi connectivity index (χ3v) is 7.26. The number of Topliss-reactive ketones (excluding diaryl/α,β-unsaturated/α-hetero) is 1. The minimum absolute atomic E-state index is 0.0557. The number of carbonyl (C=O) groups is 2. The molecule has 0 aromatic heterocycles. The van der Waals surface area contributed by atoms with E-state index in [4.69, 9.17) is 9.47 Å². The van der Waals surface area contributed by atoms with Gasteiger partial charge in [-0.3, -0.25) is 14.9 Å². The van der Waals surface area contributed by atoms with Crippen molar-refractivity contribution < 1.29 is 24.0 Å². The second-order valence-corrected chi connectivity index (χ2v) is 9.70. The van der Waals surface area contributed by atoms with Gasteiger partial charge in [0.2, 0.25) is 0 Å². The highest BCUT2D eigenvalue weighted by molar-refractivity contribution is 6.04. The zero-order valence-electron chi connectivity index (χ0n) is 21.7. The molecule has 39 heavy (non-hydrogen) atoms. The van der Waals surface area contributed by atoms with Crippen molar-refractivity contribution in [3.8, 4) is 5.75 Å². The number of carbonyl (C=O) groups excluding carboxylic acids is 2. The number of methoxy groups -OCH3 is 1. The summed E-state index contributed by atoms with van der Waals surface area (Å²) in [5.41, 5.74) is 4.25. The first-order chi connectivity index (χ1) is 18.9. The number of nitrogens with zero attached hydrogens (tertiary/aromatic N) is 1. The number of rotatable bonds is 7. The lowest BCUT2D eigenvalue weighted by Crippen LogP contribution is -2.36. The molecule has 3 aromatic rings. The molecule has 1 aliphatic heterocycles. The molecule has 0 saturated heterocycles. The fraction of sp³-hybridized carbons (Fsp3) is 0.226. The van der Waals surface area contributed by atoms with Crippen LogP contribution in [0.2, 0.25) is 0 Å². The number of ether oxygens (including phenoxy) is 2. The van der Waals surface area contributed by atoms with Crippen LogP contribution in [-0.2, 0) is 20.9 Å². The SMILES string of the molecule is COc1ccc(C2CC(=O)C3=C(C2)NC(C)=C(C(=O)OCc2ccccc2)C3c2cccc([N+](=O)[O-])c2)cc1. The lowest BCUT2D eigenvalue weighted by Gasteiger charge is -2.36. The van der Waals surface area contributed by atoms with Gasteiger partial charge in [0.05, 0.1) is 17.6 Å². The van der Waals surface area contributed by atoms with E-state index >= 15 is 0 Å². The molecule has 8 nitrogen and oxygen atoms in total. The lowest BCUT2D eigenvalue weighted by molar-refractivity contribution is -0.384. The quantitative estimate of drug-likeness (QED) is 0.240. The zero-order chi connectivity index (χ0) is 27.5. The van der Waals surface area contributed by atoms with Crippen LogP contribution in [0.25, 0.3) is 0 Å². The van der Waals surface area contributed by atoms with Gasteiger partial charge in [0, 0.05) is 41.4 Å². The second-order valence-electron chi connectivity index (χ2n) is 9.70. The Kier molecular flexibility index (Phi) is 7.27. The highest BCUT2D eigenvalue weighted by atomic mass is 16.6. The Hall–Kier alpha value is -4.72. The fourth-order valence-electron chi connectivity index (χ4n) is 5.37. The number of hydrogen-bond acceptors (Lipinski definition) is 7. The van der Waals surface area contributed by atoms with Crippen molar-refractivity contribution in [3.63, 3.8) is 0 Å². The number of benzene rings is 3. The number of nitro groups is 1. The van der Waals surface area contributed by atoms with Crippen molar-refractivity contribution in [3.05, 3.63) is 128 Å². The van der Waals surface area contributed by atoms with E-state index < -0.39 is 16.8 Å². The maximum absolute atomic E-state index is 13.8. The number of dihydropyridines is 1. The van der Waals surface area contributed by atoms with Crippen LogP contribution in [0, 0.1) is 10.1 Å². The van der Waals surface area contributed by atoms with Gasteiger partial charge in [-0.2, -0.15) is 0 Å². The van der Waals surface area contributed by atoms with Crippen LogP contribution in [0.1, 0.15) is 48.3 Å². The van der Waals surface area contributed by atoms with Crippen LogP contribution < -0.4 is 10.1 Å². The van der Waals surface area contributed by atoms with Gasteiger partial charge in [-0.1, -0.05) is 54.6 Å². The van der Waals surface area contributed by atoms with E-state index in [9.17, 15) is 19.7 Å². The molecule has 1 N–H and O–H groups in total. The molecule has 8 heteroatoms. The minimum atomic E-state index is -0.784. The molecule has 1 heterocycles. The van der Waals surface area contributed by atoms with Crippen LogP contribution in [-0.4, -0.2) is 23.8 Å². The molecule has 2 aliphatic rings. The largest absolute Gasteiger partial charge is 0.497 e. The lowest BCUT2D eigenvalue weighted by atomic mass is 9.71. The van der Waals surface area contributed by atoms with Crippen molar-refractivity contribution in [2.75, 3.05) is 7.11 Å². The van der Waals surface area contributed by atoms with Crippen LogP contribution >= 0.6 is 0 Å². The van der Waals surface area contributed by atoms with Crippen molar-refractivity contribution >= 4 is 17.4 Å². The zero-order valence-corrected chi connectivity index (χ0v) is 21.7. The van der Waals surface area contributed by atoms with Gasteiger partial charge in [-0.15, -0.1) is 0 Å². The monoisotopic (exact) mass is 524 g/mol. The number of ketones is 1. The second kappa shape index (κ2) is 10.9. The van der Waals surface area contributed by atoms with E-state index in [0.29, 0.717) is 23.3 Å². The summed E-state index contributed by atoms with van der Waals surface area (Å²) in [5.74, 6) is -0.785. The Morgan fingerprint density at radius 2 is 1.74 bits per heavy atom. The number of nitrogens with one attached hydrogen (secondary N) is 1. The summed E-state index contributed by atoms with van der Waals surface area (Å²) in [4.78, 5) is 38.4. The van der Waals surface area contributed by atoms with Crippen molar-refractivity contribution in [1.82, 2.24) is 5.32 Å². The summed E-state index contributed by atoms with van der Waals surface area (Å²) in [7, 11) is 1.60. The first-order valence-corrected chi connectivity index (χ1v) is 12.7. The molecule has 3 aromatic carbocycles. The number of hydrogen-bond donors (Lipinski definition) is 1. The maximum Gasteiger partial charge on any atom is 0.337 e. The Labute approximate surface area is 226 Å². The molecular weight excluding hydrogens is 496 g/mol. The molecule has 0 saturated carbocycles. The number of nitro benzene ring substituents is 1. The summed E-state index contributed by atoms with van der Waals surface area (Å²) >= 11 is 0. The number of esters is 1. The number of allylic oxidation sites excluding steroid dienone is 3. The third-order valence-electron chi connectivity index (χ3n) is 7.26. The Morgan fingerprint density at radius 1 is 1.00 bits per heavy atom. The fourth-order valence-corrected chi connectivity index (χ4v) is 5.37. The van der Waals surface area contributed by atoms with Gasteiger partial charge in [0.1, 0.15) is 12.4 Å². The third kappa shape index (κ3) is 5.31. The van der Waals surface area contributed by atoms with Gasteiger partial charge in [0.15, 0.2) is 5.78 Å². The average Bonchev–Trinajstić information content (AvgIpc) is 2.95. The van der Waals surface area contributed by atoms with Crippen LogP contribution in [0.4, 0.5) is 5.69 Å². The smallest absolute Gasteiger partial charge is 0.337 e. The molecule has 198 valence electrons. The van der Waals surface area contributed by atoms with Gasteiger partial charge in [0.25, 0.3) is 5.69 Å². The van der Waals surface area contributed by atoms with E-state index in [1.165, 1.54) is 12.1 Å². The maximum atomic E-state index is 13.8. The summed E-state index contributed by atoms with van der Waals surface area (Å²) in [5, 5.41) is 14.9. The van der Waals surface area contributed by atoms with Gasteiger partial charge in [-0.25, -0.2) is 4.79 Å². The molecule has 2 unspecified atom stereocenters. The molecular formula is C31H28N2O6. The summed E-state index contributed by atoms with van der Waals surface area (Å²) in [6.07, 6.45) is 0.812. The summed E-state index contributed by atoms with van der Waals surface area (Å²) in [6.45, 7) is 1.84. The van der Waals surface area contributed by atoms with Gasteiger partial charge in [-0.05, 0) is 48.1 Å². The van der Waals surface area contributed by atoms with Crippen LogP contribution in [0.15, 0.2) is 101 Å². The van der Waals surface area contributed by atoms with Crippen molar-refractivity contribution in [1.29, 1.82) is 0 Å². The Balaban J connectivity index is 1.53. The van der Waals surface area contributed by atoms with Crippen molar-refractivity contribution in [2.45, 2.75) is 38.2 Å². The molecule has 1 aliphatic carbocycles. The van der Waals surface area contributed by atoms with E-state index in [0.717, 1.165) is 22.6 Å². The van der Waals surface area contributed by atoms with Crippen molar-refractivity contribution in [2.24, 2.45) is 0 Å². The minimum Gasteiger partial charge on any atom is -0.497 e. The molecule has 0 bridgehead atoms. The Morgan fingerprint density at radius 3 is 2.44 bits per heavy atom. The van der Waals surface area contributed by atoms with E-state index in [2.05, 4.69) is 5.32 Å². The van der Waals surface area contributed by atoms with Crippen LogP contribution in [0.3, 0.4) is 0 Å². The van der Waals surface area contributed by atoms with E-state index in [-0.39, 0.29) is 36.0 Å². The predicted octanol–water partition coefficient (Wildman–Crippen LogP) is 5.71. The highest BCUT2D eigenvalue weighted by Crippen LogP contribution is 2.46. The van der Waals surface area contributed by atoms with Gasteiger partial charge < -0.3 is 14.8 Å². The standard InChI is InChI=1S/C31H28N2O6/c1-19-28(31(35)39-18-20-7-4-3-5-8-20)29(22-9-6-10-24(15-22)33(36)37)30-26(32-19)16-23(17-27(30)34)21-11-13-25(38-2)14-12-21/h3-15,23,29,32H,16-18H2,1-2H3. The first-order valence-electron chi connectivity index (χ1n) is 12.7.